The molecule has 0 aliphatic heterocycles. The van der Waals surface area contributed by atoms with Gasteiger partial charge in [0.1, 0.15) is 0 Å². The third-order valence-corrected chi connectivity index (χ3v) is 3.54. The Morgan fingerprint density at radius 2 is 2.14 bits per heavy atom. The summed E-state index contributed by atoms with van der Waals surface area (Å²) in [5.41, 5.74) is 0.299. The molecule has 1 nitrogen and oxygen atoms in total. The van der Waals surface area contributed by atoms with E-state index in [4.69, 9.17) is 0 Å². The van der Waals surface area contributed by atoms with Gasteiger partial charge in [-0.25, -0.2) is 0 Å². The standard InChI is InChI=1S/C13H22O/c1-4-5-9-12(14)11-8-6-7-10-13(11,2)3/h11-12,14H,6-10H2,1-3H3. The molecule has 1 heteroatoms. The highest BCUT2D eigenvalue weighted by atomic mass is 16.3. The molecule has 1 rings (SSSR count). The first-order valence-corrected chi connectivity index (χ1v) is 5.65. The Bertz CT molecular complexity index is 231. The molecular formula is C13H22O. The first kappa shape index (κ1) is 11.6. The number of aliphatic hydroxyl groups is 1. The van der Waals surface area contributed by atoms with Gasteiger partial charge in [-0.1, -0.05) is 26.7 Å². The Kier molecular flexibility index (Phi) is 4.01. The highest BCUT2D eigenvalue weighted by Crippen LogP contribution is 2.42. The summed E-state index contributed by atoms with van der Waals surface area (Å²) in [6.45, 7) is 6.39. The molecule has 0 amide bonds. The summed E-state index contributed by atoms with van der Waals surface area (Å²) in [6, 6.07) is 0. The van der Waals surface area contributed by atoms with E-state index in [1.54, 1.807) is 0 Å². The molecule has 2 unspecified atom stereocenters. The van der Waals surface area contributed by atoms with E-state index in [0.29, 0.717) is 17.8 Å². The minimum Gasteiger partial charge on any atom is -0.392 e. The molecule has 1 aliphatic carbocycles. The molecule has 80 valence electrons. The van der Waals surface area contributed by atoms with Crippen molar-refractivity contribution in [3.63, 3.8) is 0 Å². The summed E-state index contributed by atoms with van der Waals surface area (Å²) in [7, 11) is 0. The maximum Gasteiger partial charge on any atom is 0.0682 e. The second-order valence-corrected chi connectivity index (χ2v) is 5.04. The van der Waals surface area contributed by atoms with Gasteiger partial charge in [0.05, 0.1) is 6.10 Å². The van der Waals surface area contributed by atoms with Crippen molar-refractivity contribution in [2.45, 2.75) is 59.0 Å². The lowest BCUT2D eigenvalue weighted by molar-refractivity contribution is 0.00844. The molecule has 0 radical (unpaired) electrons. The third kappa shape index (κ3) is 2.75. The molecular weight excluding hydrogens is 172 g/mol. The molecule has 0 bridgehead atoms. The molecule has 1 saturated carbocycles. The quantitative estimate of drug-likeness (QED) is 0.670. The van der Waals surface area contributed by atoms with Crippen LogP contribution in [0.5, 0.6) is 0 Å². The van der Waals surface area contributed by atoms with Crippen LogP contribution >= 0.6 is 0 Å². The Morgan fingerprint density at radius 1 is 1.43 bits per heavy atom. The normalized spacial score (nSPS) is 27.6. The fourth-order valence-corrected chi connectivity index (χ4v) is 2.58. The predicted molar refractivity (Wildman–Crippen MR) is 59.8 cm³/mol. The van der Waals surface area contributed by atoms with Crippen molar-refractivity contribution in [3.05, 3.63) is 0 Å². The van der Waals surface area contributed by atoms with Crippen LogP contribution in [-0.2, 0) is 0 Å². The van der Waals surface area contributed by atoms with Crippen molar-refractivity contribution in [2.75, 3.05) is 0 Å². The van der Waals surface area contributed by atoms with E-state index in [2.05, 4.69) is 25.7 Å². The van der Waals surface area contributed by atoms with E-state index >= 15 is 0 Å². The zero-order chi connectivity index (χ0) is 10.6. The fraction of sp³-hybridized carbons (Fsp3) is 0.846. The zero-order valence-electron chi connectivity index (χ0n) is 9.64. The van der Waals surface area contributed by atoms with Gasteiger partial charge >= 0.3 is 0 Å². The van der Waals surface area contributed by atoms with E-state index in [1.807, 2.05) is 6.92 Å². The lowest BCUT2D eigenvalue weighted by Gasteiger charge is -2.41. The van der Waals surface area contributed by atoms with Gasteiger partial charge in [0, 0.05) is 6.42 Å². The minimum absolute atomic E-state index is 0.224. The topological polar surface area (TPSA) is 20.2 Å². The summed E-state index contributed by atoms with van der Waals surface area (Å²) in [6.07, 6.45) is 5.41. The molecule has 0 aromatic rings. The van der Waals surface area contributed by atoms with Gasteiger partial charge in [-0.05, 0) is 31.1 Å². The van der Waals surface area contributed by atoms with Crippen LogP contribution in [0.1, 0.15) is 52.9 Å². The van der Waals surface area contributed by atoms with Crippen LogP contribution in [0, 0.1) is 23.2 Å². The summed E-state index contributed by atoms with van der Waals surface area (Å²) < 4.78 is 0. The average molecular weight is 194 g/mol. The van der Waals surface area contributed by atoms with E-state index in [-0.39, 0.29) is 6.10 Å². The lowest BCUT2D eigenvalue weighted by atomic mass is 9.66. The van der Waals surface area contributed by atoms with E-state index in [9.17, 15) is 5.11 Å². The molecule has 0 aromatic heterocycles. The monoisotopic (exact) mass is 194 g/mol. The van der Waals surface area contributed by atoms with Crippen molar-refractivity contribution in [1.29, 1.82) is 0 Å². The zero-order valence-corrected chi connectivity index (χ0v) is 9.64. The molecule has 0 saturated heterocycles. The Labute approximate surface area is 87.9 Å². The molecule has 2 atom stereocenters. The van der Waals surface area contributed by atoms with Crippen LogP contribution < -0.4 is 0 Å². The number of hydrogen-bond donors (Lipinski definition) is 1. The van der Waals surface area contributed by atoms with E-state index in [0.717, 1.165) is 0 Å². The van der Waals surface area contributed by atoms with Gasteiger partial charge < -0.3 is 5.11 Å². The summed E-state index contributed by atoms with van der Waals surface area (Å²) >= 11 is 0. The van der Waals surface area contributed by atoms with Crippen molar-refractivity contribution in [1.82, 2.24) is 0 Å². The first-order valence-electron chi connectivity index (χ1n) is 5.65. The summed E-state index contributed by atoms with van der Waals surface area (Å²) in [4.78, 5) is 0. The predicted octanol–water partition coefficient (Wildman–Crippen LogP) is 2.98. The molecule has 1 fully saturated rings. The van der Waals surface area contributed by atoms with Gasteiger partial charge in [0.15, 0.2) is 0 Å². The first-order chi connectivity index (χ1) is 6.58. The van der Waals surface area contributed by atoms with Gasteiger partial charge in [-0.2, -0.15) is 0 Å². The van der Waals surface area contributed by atoms with Crippen molar-refractivity contribution in [2.24, 2.45) is 11.3 Å². The molecule has 1 aliphatic rings. The fourth-order valence-electron chi connectivity index (χ4n) is 2.58. The second-order valence-electron chi connectivity index (χ2n) is 5.04. The van der Waals surface area contributed by atoms with Gasteiger partial charge in [0.2, 0.25) is 0 Å². The van der Waals surface area contributed by atoms with E-state index in [1.165, 1.54) is 25.7 Å². The molecule has 1 N–H and O–H groups in total. The minimum atomic E-state index is -0.224. The molecule has 0 spiro atoms. The van der Waals surface area contributed by atoms with Crippen LogP contribution in [-0.4, -0.2) is 11.2 Å². The largest absolute Gasteiger partial charge is 0.392 e. The Morgan fingerprint density at radius 3 is 2.71 bits per heavy atom. The SMILES string of the molecule is CC#CCC(O)C1CCCCC1(C)C. The van der Waals surface area contributed by atoms with Crippen LogP contribution in [0.3, 0.4) is 0 Å². The highest BCUT2D eigenvalue weighted by Gasteiger charge is 2.36. The van der Waals surface area contributed by atoms with Crippen LogP contribution in [0.4, 0.5) is 0 Å². The summed E-state index contributed by atoms with van der Waals surface area (Å²) in [5.74, 6) is 6.28. The highest BCUT2D eigenvalue weighted by molar-refractivity contribution is 4.99. The smallest absolute Gasteiger partial charge is 0.0682 e. The van der Waals surface area contributed by atoms with Gasteiger partial charge in [0.25, 0.3) is 0 Å². The van der Waals surface area contributed by atoms with Gasteiger partial charge in [-0.15, -0.1) is 11.8 Å². The molecule has 0 heterocycles. The van der Waals surface area contributed by atoms with Crippen LogP contribution in [0.2, 0.25) is 0 Å². The van der Waals surface area contributed by atoms with Crippen LogP contribution in [0.15, 0.2) is 0 Å². The molecule has 0 aromatic carbocycles. The van der Waals surface area contributed by atoms with Crippen molar-refractivity contribution in [3.8, 4) is 11.8 Å². The number of hydrogen-bond acceptors (Lipinski definition) is 1. The van der Waals surface area contributed by atoms with Crippen molar-refractivity contribution < 1.29 is 5.11 Å². The maximum absolute atomic E-state index is 10.0. The molecule has 14 heavy (non-hydrogen) atoms. The lowest BCUT2D eigenvalue weighted by Crippen LogP contribution is -2.36. The third-order valence-electron chi connectivity index (χ3n) is 3.54. The Balaban J connectivity index is 2.58. The van der Waals surface area contributed by atoms with E-state index < -0.39 is 0 Å². The van der Waals surface area contributed by atoms with Gasteiger partial charge in [-0.3, -0.25) is 0 Å². The Hall–Kier alpha value is -0.480. The number of aliphatic hydroxyl groups excluding tert-OH is 1. The second kappa shape index (κ2) is 4.84. The summed E-state index contributed by atoms with van der Waals surface area (Å²) in [5, 5.41) is 10.0. The maximum atomic E-state index is 10.0. The van der Waals surface area contributed by atoms with Crippen molar-refractivity contribution >= 4 is 0 Å². The number of rotatable bonds is 2. The average Bonchev–Trinajstić information content (AvgIpc) is 2.13. The van der Waals surface area contributed by atoms with Crippen LogP contribution in [0.25, 0.3) is 0 Å².